The van der Waals surface area contributed by atoms with Crippen LogP contribution in [0.5, 0.6) is 0 Å². The van der Waals surface area contributed by atoms with Crippen LogP contribution in [-0.4, -0.2) is 24.7 Å². The summed E-state index contributed by atoms with van der Waals surface area (Å²) in [5, 5.41) is 3.32. The van der Waals surface area contributed by atoms with E-state index in [0.717, 1.165) is 37.3 Å². The first-order chi connectivity index (χ1) is 8.27. The van der Waals surface area contributed by atoms with Crippen molar-refractivity contribution in [1.82, 2.24) is 10.8 Å². The molecule has 0 aliphatic carbocycles. The van der Waals surface area contributed by atoms with Gasteiger partial charge in [0.1, 0.15) is 0 Å². The molecule has 1 spiro atoms. The topological polar surface area (TPSA) is 45.7 Å². The van der Waals surface area contributed by atoms with E-state index < -0.39 is 0 Å². The molecule has 1 saturated heterocycles. The lowest BCUT2D eigenvalue weighted by Crippen LogP contribution is -2.41. The molecule has 90 valence electrons. The van der Waals surface area contributed by atoms with E-state index in [1.165, 1.54) is 5.56 Å². The lowest BCUT2D eigenvalue weighted by atomic mass is 10.0. The minimum Gasteiger partial charge on any atom is -0.316 e. The number of nitrogens with zero attached hydrogens (tertiary/aromatic N) is 1. The average molecular weight is 231 g/mol. The van der Waals surface area contributed by atoms with Crippen molar-refractivity contribution in [1.29, 1.82) is 0 Å². The minimum atomic E-state index is -0.342. The van der Waals surface area contributed by atoms with E-state index in [2.05, 4.69) is 42.0 Å². The van der Waals surface area contributed by atoms with Crippen LogP contribution in [0.4, 0.5) is 0 Å². The van der Waals surface area contributed by atoms with Gasteiger partial charge < -0.3 is 5.32 Å². The van der Waals surface area contributed by atoms with E-state index in [0.29, 0.717) is 0 Å². The molecule has 4 nitrogen and oxygen atoms in total. The number of hydrogen-bond donors (Lipinski definition) is 2. The van der Waals surface area contributed by atoms with Gasteiger partial charge >= 0.3 is 0 Å². The molecule has 1 aromatic carbocycles. The number of aryl methyl sites for hydroxylation is 1. The molecule has 0 saturated carbocycles. The number of aliphatic imine (C=N–C) groups is 1. The molecule has 0 atom stereocenters. The Morgan fingerprint density at radius 1 is 1.18 bits per heavy atom. The van der Waals surface area contributed by atoms with Gasteiger partial charge in [0.2, 0.25) is 0 Å². The molecule has 2 heterocycles. The molecule has 1 fully saturated rings. The van der Waals surface area contributed by atoms with Crippen LogP contribution < -0.4 is 10.8 Å². The molecule has 4 heteroatoms. The maximum Gasteiger partial charge on any atom is 0.190 e. The average Bonchev–Trinajstić information content (AvgIpc) is 2.75. The Labute approximate surface area is 101 Å². The van der Waals surface area contributed by atoms with Gasteiger partial charge in [-0.25, -0.2) is 15.3 Å². The van der Waals surface area contributed by atoms with E-state index >= 15 is 0 Å². The molecule has 1 aromatic rings. The first kappa shape index (κ1) is 10.7. The number of benzene rings is 1. The van der Waals surface area contributed by atoms with E-state index in [1.54, 1.807) is 0 Å². The molecule has 2 N–H and O–H groups in total. The Hall–Kier alpha value is -1.39. The summed E-state index contributed by atoms with van der Waals surface area (Å²) in [5.74, 6) is 0.854. The zero-order chi connectivity index (χ0) is 11.7. The number of nitrogens with one attached hydrogen (secondary N) is 2. The third kappa shape index (κ3) is 2.06. The van der Waals surface area contributed by atoms with Crippen LogP contribution in [0.3, 0.4) is 0 Å². The molecule has 0 unspecified atom stereocenters. The number of rotatable bonds is 1. The van der Waals surface area contributed by atoms with Crippen LogP contribution in [0.25, 0.3) is 0 Å². The Morgan fingerprint density at radius 3 is 2.59 bits per heavy atom. The summed E-state index contributed by atoms with van der Waals surface area (Å²) in [5.41, 5.74) is 4.98. The zero-order valence-electron chi connectivity index (χ0n) is 9.99. The van der Waals surface area contributed by atoms with E-state index in [9.17, 15) is 0 Å². The van der Waals surface area contributed by atoms with Crippen LogP contribution in [-0.2, 0) is 4.84 Å². The molecule has 0 radical (unpaired) electrons. The van der Waals surface area contributed by atoms with Crippen molar-refractivity contribution < 1.29 is 4.84 Å². The standard InChI is InChI=1S/C13H17N3O/c1-10-2-4-11(5-3-10)12-15-13(17-16-12)6-8-14-9-7-13/h2-5,14H,6-9H2,1H3,(H,15,16). The first-order valence-electron chi connectivity index (χ1n) is 6.09. The first-order valence-corrected chi connectivity index (χ1v) is 6.09. The molecule has 0 aromatic heterocycles. The highest BCUT2D eigenvalue weighted by Gasteiger charge is 2.38. The van der Waals surface area contributed by atoms with Crippen LogP contribution in [0.15, 0.2) is 29.3 Å². The second kappa shape index (κ2) is 4.13. The lowest BCUT2D eigenvalue weighted by molar-refractivity contribution is -0.0720. The molecule has 2 aliphatic heterocycles. The molecular formula is C13H17N3O. The predicted molar refractivity (Wildman–Crippen MR) is 66.8 cm³/mol. The Kier molecular flexibility index (Phi) is 2.61. The summed E-state index contributed by atoms with van der Waals surface area (Å²) in [6.07, 6.45) is 1.85. The zero-order valence-corrected chi connectivity index (χ0v) is 9.99. The van der Waals surface area contributed by atoms with Crippen molar-refractivity contribution in [3.05, 3.63) is 35.4 Å². The van der Waals surface area contributed by atoms with E-state index in [1.807, 2.05) is 0 Å². The number of hydrogen-bond acceptors (Lipinski definition) is 4. The third-order valence-electron chi connectivity index (χ3n) is 3.36. The normalized spacial score (nSPS) is 22.3. The fourth-order valence-electron chi connectivity index (χ4n) is 2.26. The maximum absolute atomic E-state index is 5.68. The summed E-state index contributed by atoms with van der Waals surface area (Å²) in [6.45, 7) is 4.01. The summed E-state index contributed by atoms with van der Waals surface area (Å²) < 4.78 is 0. The Bertz CT molecular complexity index is 432. The monoisotopic (exact) mass is 231 g/mol. The molecule has 3 rings (SSSR count). The SMILES string of the molecule is Cc1ccc(C2=NC3(CCNCC3)ON2)cc1. The number of piperidine rings is 1. The Morgan fingerprint density at radius 2 is 1.88 bits per heavy atom. The van der Waals surface area contributed by atoms with Crippen molar-refractivity contribution in [2.24, 2.45) is 4.99 Å². The van der Waals surface area contributed by atoms with E-state index in [4.69, 9.17) is 9.83 Å². The van der Waals surface area contributed by atoms with Crippen molar-refractivity contribution in [3.8, 4) is 0 Å². The van der Waals surface area contributed by atoms with Crippen LogP contribution >= 0.6 is 0 Å². The van der Waals surface area contributed by atoms with Gasteiger partial charge in [0.15, 0.2) is 11.6 Å². The van der Waals surface area contributed by atoms with Gasteiger partial charge in [-0.05, 0) is 20.0 Å². The quantitative estimate of drug-likeness (QED) is 0.767. The predicted octanol–water partition coefficient (Wildman–Crippen LogP) is 1.36. The second-order valence-corrected chi connectivity index (χ2v) is 4.73. The third-order valence-corrected chi connectivity index (χ3v) is 3.36. The van der Waals surface area contributed by atoms with Crippen molar-refractivity contribution >= 4 is 5.84 Å². The minimum absolute atomic E-state index is 0.342. The molecule has 0 bridgehead atoms. The smallest absolute Gasteiger partial charge is 0.190 e. The summed E-state index contributed by atoms with van der Waals surface area (Å²) in [4.78, 5) is 10.4. The van der Waals surface area contributed by atoms with Gasteiger partial charge in [-0.15, -0.1) is 0 Å². The summed E-state index contributed by atoms with van der Waals surface area (Å²) >= 11 is 0. The highest BCUT2D eigenvalue weighted by molar-refractivity contribution is 5.99. The lowest BCUT2D eigenvalue weighted by Gasteiger charge is -2.28. The highest BCUT2D eigenvalue weighted by Crippen LogP contribution is 2.28. The fraction of sp³-hybridized carbons (Fsp3) is 0.462. The fourth-order valence-corrected chi connectivity index (χ4v) is 2.26. The molecule has 2 aliphatic rings. The summed E-state index contributed by atoms with van der Waals surface area (Å²) in [7, 11) is 0. The molecular weight excluding hydrogens is 214 g/mol. The maximum atomic E-state index is 5.68. The van der Waals surface area contributed by atoms with Crippen molar-refractivity contribution in [3.63, 3.8) is 0 Å². The highest BCUT2D eigenvalue weighted by atomic mass is 16.7. The van der Waals surface area contributed by atoms with Gasteiger partial charge in [0, 0.05) is 18.4 Å². The second-order valence-electron chi connectivity index (χ2n) is 4.73. The van der Waals surface area contributed by atoms with Gasteiger partial charge in [0.25, 0.3) is 0 Å². The van der Waals surface area contributed by atoms with Gasteiger partial charge in [0.05, 0.1) is 0 Å². The Balaban J connectivity index is 1.85. The number of amidine groups is 1. The molecule has 17 heavy (non-hydrogen) atoms. The van der Waals surface area contributed by atoms with Crippen molar-refractivity contribution in [2.45, 2.75) is 25.5 Å². The molecule has 0 amide bonds. The van der Waals surface area contributed by atoms with E-state index in [-0.39, 0.29) is 5.72 Å². The number of hydroxylamine groups is 1. The van der Waals surface area contributed by atoms with Gasteiger partial charge in [-0.2, -0.15) is 0 Å². The largest absolute Gasteiger partial charge is 0.316 e. The van der Waals surface area contributed by atoms with Crippen LogP contribution in [0.1, 0.15) is 24.0 Å². The van der Waals surface area contributed by atoms with Gasteiger partial charge in [-0.3, -0.25) is 0 Å². The van der Waals surface area contributed by atoms with Crippen LogP contribution in [0.2, 0.25) is 0 Å². The summed E-state index contributed by atoms with van der Waals surface area (Å²) in [6, 6.07) is 8.33. The van der Waals surface area contributed by atoms with Crippen molar-refractivity contribution in [2.75, 3.05) is 13.1 Å². The van der Waals surface area contributed by atoms with Crippen LogP contribution in [0, 0.1) is 6.92 Å². The van der Waals surface area contributed by atoms with Gasteiger partial charge in [-0.1, -0.05) is 29.8 Å².